The van der Waals surface area contributed by atoms with Gasteiger partial charge in [0.1, 0.15) is 6.54 Å². The lowest BCUT2D eigenvalue weighted by Gasteiger charge is -2.28. The molecule has 7 nitrogen and oxygen atoms in total. The number of ether oxygens (including phenoxy) is 3. The Morgan fingerprint density at radius 3 is 2.28 bits per heavy atom. The van der Waals surface area contributed by atoms with Gasteiger partial charge in [0.2, 0.25) is 5.91 Å². The van der Waals surface area contributed by atoms with Gasteiger partial charge >= 0.3 is 0 Å². The molecule has 192 valence electrons. The van der Waals surface area contributed by atoms with Crippen molar-refractivity contribution in [2.75, 3.05) is 47.6 Å². The van der Waals surface area contributed by atoms with Gasteiger partial charge in [-0.15, -0.1) is 11.3 Å². The maximum atomic E-state index is 13.6. The number of aryl methyl sites for hydroxylation is 1. The Hall–Kier alpha value is -3.36. The minimum absolute atomic E-state index is 0.0204. The summed E-state index contributed by atoms with van der Waals surface area (Å²) in [7, 11) is 4.80. The van der Waals surface area contributed by atoms with Crippen LogP contribution in [0.2, 0.25) is 0 Å². The maximum absolute atomic E-state index is 13.6. The highest BCUT2D eigenvalue weighted by Gasteiger charge is 2.23. The van der Waals surface area contributed by atoms with Crippen LogP contribution >= 0.6 is 11.3 Å². The molecule has 0 saturated carbocycles. The fourth-order valence-electron chi connectivity index (χ4n) is 3.81. The topological polar surface area (TPSA) is 68.3 Å². The molecule has 0 aliphatic rings. The number of amides is 2. The van der Waals surface area contributed by atoms with Crippen molar-refractivity contribution >= 4 is 23.2 Å². The van der Waals surface area contributed by atoms with Crippen molar-refractivity contribution in [1.29, 1.82) is 0 Å². The van der Waals surface area contributed by atoms with E-state index in [0.29, 0.717) is 49.7 Å². The highest BCUT2D eigenvalue weighted by atomic mass is 32.1. The van der Waals surface area contributed by atoms with Crippen LogP contribution < -0.4 is 9.47 Å². The van der Waals surface area contributed by atoms with Gasteiger partial charge in [-0.2, -0.15) is 0 Å². The summed E-state index contributed by atoms with van der Waals surface area (Å²) in [6, 6.07) is 16.9. The molecule has 0 radical (unpaired) electrons. The Balaban J connectivity index is 1.78. The normalized spacial score (nSPS) is 10.7. The smallest absolute Gasteiger partial charge is 0.254 e. The molecule has 3 rings (SSSR count). The van der Waals surface area contributed by atoms with Gasteiger partial charge in [0.05, 0.1) is 27.4 Å². The van der Waals surface area contributed by atoms with E-state index in [4.69, 9.17) is 14.2 Å². The van der Waals surface area contributed by atoms with Gasteiger partial charge in [-0.05, 0) is 60.2 Å². The number of carbonyl (C=O) groups excluding carboxylic acids is 2. The second-order valence-electron chi connectivity index (χ2n) is 8.37. The monoisotopic (exact) mass is 510 g/mol. The third kappa shape index (κ3) is 7.32. The molecule has 3 aromatic rings. The van der Waals surface area contributed by atoms with E-state index in [9.17, 15) is 9.59 Å². The second-order valence-corrected chi connectivity index (χ2v) is 9.37. The molecule has 0 saturated heterocycles. The molecule has 0 spiro atoms. The molecular formula is C28H34N2O5S. The zero-order chi connectivity index (χ0) is 25.9. The Morgan fingerprint density at radius 1 is 0.889 bits per heavy atom. The predicted molar refractivity (Wildman–Crippen MR) is 142 cm³/mol. The average molecular weight is 511 g/mol. The molecule has 0 atom stereocenters. The van der Waals surface area contributed by atoms with Crippen molar-refractivity contribution in [3.05, 3.63) is 81.5 Å². The lowest BCUT2D eigenvalue weighted by molar-refractivity contribution is -0.132. The first-order valence-electron chi connectivity index (χ1n) is 11.8. The van der Waals surface area contributed by atoms with E-state index in [1.54, 1.807) is 49.7 Å². The minimum Gasteiger partial charge on any atom is -0.493 e. The molecule has 0 aliphatic carbocycles. The first-order valence-corrected chi connectivity index (χ1v) is 12.7. The highest BCUT2D eigenvalue weighted by molar-refractivity contribution is 7.10. The van der Waals surface area contributed by atoms with E-state index in [1.807, 2.05) is 53.6 Å². The molecule has 0 aliphatic heterocycles. The third-order valence-corrected chi connectivity index (χ3v) is 6.98. The summed E-state index contributed by atoms with van der Waals surface area (Å²) in [6.45, 7) is 3.70. The first-order chi connectivity index (χ1) is 17.5. The molecule has 0 unspecified atom stereocenters. The van der Waals surface area contributed by atoms with Crippen molar-refractivity contribution < 1.29 is 23.8 Å². The second kappa shape index (κ2) is 13.7. The van der Waals surface area contributed by atoms with Gasteiger partial charge in [0.15, 0.2) is 11.5 Å². The van der Waals surface area contributed by atoms with Crippen LogP contribution in [0, 0.1) is 6.92 Å². The van der Waals surface area contributed by atoms with Crippen molar-refractivity contribution in [3.8, 4) is 11.5 Å². The van der Waals surface area contributed by atoms with Crippen LogP contribution in [0.15, 0.2) is 60.0 Å². The first kappa shape index (κ1) is 27.2. The Kier molecular flexibility index (Phi) is 10.3. The highest BCUT2D eigenvalue weighted by Crippen LogP contribution is 2.28. The lowest BCUT2D eigenvalue weighted by Crippen LogP contribution is -2.44. The van der Waals surface area contributed by atoms with E-state index >= 15 is 0 Å². The predicted octanol–water partition coefficient (Wildman–Crippen LogP) is 4.43. The maximum Gasteiger partial charge on any atom is 0.254 e. The summed E-state index contributed by atoms with van der Waals surface area (Å²) < 4.78 is 16.0. The van der Waals surface area contributed by atoms with Gasteiger partial charge < -0.3 is 24.0 Å². The lowest BCUT2D eigenvalue weighted by atomic mass is 10.1. The summed E-state index contributed by atoms with van der Waals surface area (Å²) in [6.07, 6.45) is 0.640. The van der Waals surface area contributed by atoms with Gasteiger partial charge in [-0.25, -0.2) is 0 Å². The Morgan fingerprint density at radius 2 is 1.64 bits per heavy atom. The summed E-state index contributed by atoms with van der Waals surface area (Å²) in [5.74, 6) is 1.02. The number of benzene rings is 2. The van der Waals surface area contributed by atoms with E-state index < -0.39 is 0 Å². The van der Waals surface area contributed by atoms with Crippen LogP contribution in [0.3, 0.4) is 0 Å². The molecule has 0 fully saturated rings. The quantitative estimate of drug-likeness (QED) is 0.340. The summed E-state index contributed by atoms with van der Waals surface area (Å²) >= 11 is 1.63. The molecule has 2 amide bonds. The molecular weight excluding hydrogens is 476 g/mol. The van der Waals surface area contributed by atoms with Crippen LogP contribution in [0.4, 0.5) is 0 Å². The molecule has 1 heterocycles. The van der Waals surface area contributed by atoms with Crippen LogP contribution in [0.5, 0.6) is 11.5 Å². The number of hydrogen-bond acceptors (Lipinski definition) is 6. The van der Waals surface area contributed by atoms with Crippen LogP contribution in [-0.2, 0) is 22.5 Å². The SMILES string of the molecule is COCCN(CC(=O)N(CCc1ccc(OC)c(OC)c1)Cc1sccc1C)C(=O)c1ccccc1. The van der Waals surface area contributed by atoms with Gasteiger partial charge in [0.25, 0.3) is 5.91 Å². The molecule has 0 bridgehead atoms. The van der Waals surface area contributed by atoms with Crippen molar-refractivity contribution in [3.63, 3.8) is 0 Å². The number of hydrogen-bond donors (Lipinski definition) is 0. The standard InChI is InChI=1S/C28H34N2O5S/c1-21-13-17-36-26(21)19-29(14-12-22-10-11-24(34-3)25(18-22)35-4)27(31)20-30(15-16-33-2)28(32)23-8-6-5-7-9-23/h5-11,13,17-18H,12,14-16,19-20H2,1-4H3. The fourth-order valence-corrected chi connectivity index (χ4v) is 4.73. The average Bonchev–Trinajstić information content (AvgIpc) is 3.32. The van der Waals surface area contributed by atoms with E-state index in [1.165, 1.54) is 0 Å². The zero-order valence-corrected chi connectivity index (χ0v) is 22.2. The van der Waals surface area contributed by atoms with Crippen LogP contribution in [0.1, 0.15) is 26.4 Å². The molecule has 1 aromatic heterocycles. The number of rotatable bonds is 13. The molecule has 36 heavy (non-hydrogen) atoms. The van der Waals surface area contributed by atoms with Crippen molar-refractivity contribution in [2.24, 2.45) is 0 Å². The van der Waals surface area contributed by atoms with Crippen LogP contribution in [-0.4, -0.2) is 69.2 Å². The van der Waals surface area contributed by atoms with Crippen molar-refractivity contribution in [1.82, 2.24) is 9.80 Å². The number of methoxy groups -OCH3 is 3. The summed E-state index contributed by atoms with van der Waals surface area (Å²) in [5.41, 5.74) is 2.73. The summed E-state index contributed by atoms with van der Waals surface area (Å²) in [4.78, 5) is 31.3. The van der Waals surface area contributed by atoms with E-state index in [-0.39, 0.29) is 18.4 Å². The molecule has 2 aromatic carbocycles. The van der Waals surface area contributed by atoms with Gasteiger partial charge in [-0.3, -0.25) is 9.59 Å². The van der Waals surface area contributed by atoms with Crippen LogP contribution in [0.25, 0.3) is 0 Å². The third-order valence-electron chi connectivity index (χ3n) is 5.97. The minimum atomic E-state index is -0.187. The summed E-state index contributed by atoms with van der Waals surface area (Å²) in [5, 5.41) is 2.03. The molecule has 8 heteroatoms. The molecule has 0 N–H and O–H groups in total. The largest absolute Gasteiger partial charge is 0.493 e. The van der Waals surface area contributed by atoms with E-state index in [2.05, 4.69) is 6.07 Å². The Labute approximate surface area is 217 Å². The number of nitrogens with zero attached hydrogens (tertiary/aromatic N) is 2. The number of thiophene rings is 1. The van der Waals surface area contributed by atoms with Gasteiger partial charge in [-0.1, -0.05) is 24.3 Å². The van der Waals surface area contributed by atoms with Gasteiger partial charge in [0, 0.05) is 30.6 Å². The van der Waals surface area contributed by atoms with Crippen molar-refractivity contribution in [2.45, 2.75) is 19.9 Å². The fraction of sp³-hybridized carbons (Fsp3) is 0.357. The zero-order valence-electron chi connectivity index (χ0n) is 21.4. The Bertz CT molecular complexity index is 1130. The van der Waals surface area contributed by atoms with E-state index in [0.717, 1.165) is 16.0 Å². The number of carbonyl (C=O) groups is 2.